The zero-order chi connectivity index (χ0) is 19.9. The van der Waals surface area contributed by atoms with Crippen LogP contribution in [0, 0.1) is 6.92 Å². The van der Waals surface area contributed by atoms with Crippen LogP contribution in [0.5, 0.6) is 23.0 Å². The van der Waals surface area contributed by atoms with Crippen LogP contribution in [-0.4, -0.2) is 28.0 Å². The largest absolute Gasteiger partial charge is 0.505 e. The van der Waals surface area contributed by atoms with Crippen molar-refractivity contribution < 1.29 is 19.7 Å². The fraction of sp³-hybridized carbons (Fsp3) is 0.182. The Bertz CT molecular complexity index is 952. The topological polar surface area (TPSA) is 84.2 Å². The maximum atomic E-state index is 10.2. The number of aliphatic hydroxyl groups is 1. The molecule has 0 aliphatic rings. The van der Waals surface area contributed by atoms with Crippen LogP contribution in [0.1, 0.15) is 23.7 Å². The molecule has 0 amide bonds. The fourth-order valence-corrected chi connectivity index (χ4v) is 2.57. The van der Waals surface area contributed by atoms with Crippen LogP contribution >= 0.6 is 0 Å². The molecule has 0 aliphatic carbocycles. The zero-order valence-corrected chi connectivity index (χ0v) is 15.8. The van der Waals surface area contributed by atoms with E-state index in [1.54, 1.807) is 6.92 Å². The highest BCUT2D eigenvalue weighted by molar-refractivity contribution is 5.87. The van der Waals surface area contributed by atoms with Gasteiger partial charge in [-0.25, -0.2) is 0 Å². The summed E-state index contributed by atoms with van der Waals surface area (Å²) < 4.78 is 11.2. The molecule has 0 saturated heterocycles. The molecule has 2 N–H and O–H groups in total. The van der Waals surface area contributed by atoms with E-state index in [1.165, 1.54) is 12.4 Å². The number of aromatic nitrogens is 1. The van der Waals surface area contributed by atoms with E-state index < -0.39 is 0 Å². The molecule has 0 aliphatic heterocycles. The number of rotatable bonds is 7. The summed E-state index contributed by atoms with van der Waals surface area (Å²) >= 11 is 0. The van der Waals surface area contributed by atoms with Gasteiger partial charge >= 0.3 is 0 Å². The molecule has 2 aromatic carbocycles. The van der Waals surface area contributed by atoms with Crippen LogP contribution in [0.25, 0.3) is 0 Å². The molecular weight excluding hydrogens is 356 g/mol. The van der Waals surface area contributed by atoms with Crippen LogP contribution in [0.4, 0.5) is 5.69 Å². The van der Waals surface area contributed by atoms with E-state index in [0.717, 1.165) is 5.75 Å². The summed E-state index contributed by atoms with van der Waals surface area (Å²) in [5.74, 6) is 2.22. The number of aliphatic imine (C=N–C) groups is 1. The van der Waals surface area contributed by atoms with Gasteiger partial charge in [0.25, 0.3) is 0 Å². The van der Waals surface area contributed by atoms with E-state index in [0.29, 0.717) is 40.6 Å². The molecule has 0 fully saturated rings. The summed E-state index contributed by atoms with van der Waals surface area (Å²) in [5.41, 5.74) is 2.15. The third-order valence-corrected chi connectivity index (χ3v) is 4.08. The van der Waals surface area contributed by atoms with Crippen molar-refractivity contribution in [3.63, 3.8) is 0 Å². The number of benzene rings is 2. The van der Waals surface area contributed by atoms with E-state index in [2.05, 4.69) is 9.98 Å². The Morgan fingerprint density at radius 1 is 1.00 bits per heavy atom. The summed E-state index contributed by atoms with van der Waals surface area (Å²) in [7, 11) is 0. The fourth-order valence-electron chi connectivity index (χ4n) is 2.57. The Morgan fingerprint density at radius 2 is 1.61 bits per heavy atom. The lowest BCUT2D eigenvalue weighted by atomic mass is 10.1. The number of ether oxygens (including phenoxy) is 2. The average Bonchev–Trinajstić information content (AvgIpc) is 2.72. The van der Waals surface area contributed by atoms with Gasteiger partial charge in [-0.05, 0) is 62.4 Å². The van der Waals surface area contributed by atoms with Gasteiger partial charge in [0.15, 0.2) is 0 Å². The van der Waals surface area contributed by atoms with Crippen molar-refractivity contribution in [3.05, 3.63) is 71.5 Å². The molecular formula is C22H22N2O4. The van der Waals surface area contributed by atoms with Crippen molar-refractivity contribution >= 4 is 11.9 Å². The zero-order valence-electron chi connectivity index (χ0n) is 15.8. The van der Waals surface area contributed by atoms with Crippen molar-refractivity contribution in [2.24, 2.45) is 4.99 Å². The van der Waals surface area contributed by atoms with Crippen molar-refractivity contribution in [2.75, 3.05) is 6.61 Å². The number of hydrogen-bond acceptors (Lipinski definition) is 6. The second-order valence-corrected chi connectivity index (χ2v) is 6.05. The monoisotopic (exact) mass is 378 g/mol. The molecule has 0 atom stereocenters. The predicted octanol–water partition coefficient (Wildman–Crippen LogP) is 4.53. The quantitative estimate of drug-likeness (QED) is 0.590. The van der Waals surface area contributed by atoms with Gasteiger partial charge < -0.3 is 19.7 Å². The van der Waals surface area contributed by atoms with Crippen LogP contribution < -0.4 is 9.47 Å². The Hall–Kier alpha value is -3.38. The molecule has 1 aromatic heterocycles. The third-order valence-electron chi connectivity index (χ3n) is 4.08. The third kappa shape index (κ3) is 4.66. The highest BCUT2D eigenvalue weighted by Crippen LogP contribution is 2.27. The molecule has 0 saturated carbocycles. The highest BCUT2D eigenvalue weighted by Gasteiger charge is 2.09. The highest BCUT2D eigenvalue weighted by atomic mass is 16.5. The van der Waals surface area contributed by atoms with Crippen molar-refractivity contribution in [3.8, 4) is 23.0 Å². The minimum atomic E-state index is -0.225. The molecule has 0 radical (unpaired) electrons. The minimum Gasteiger partial charge on any atom is -0.505 e. The second-order valence-electron chi connectivity index (χ2n) is 6.05. The summed E-state index contributed by atoms with van der Waals surface area (Å²) in [5, 5.41) is 19.6. The normalized spacial score (nSPS) is 11.0. The van der Waals surface area contributed by atoms with E-state index in [1.807, 2.05) is 55.5 Å². The Labute approximate surface area is 163 Å². The lowest BCUT2D eigenvalue weighted by molar-refractivity contribution is 0.280. The molecule has 3 rings (SSSR count). The molecule has 0 spiro atoms. The first kappa shape index (κ1) is 19.4. The SMILES string of the molecule is CCOc1ccc(Oc2ccc(N=Cc3c(CO)cnc(C)c3O)cc2)cc1. The number of nitrogens with zero attached hydrogens (tertiary/aromatic N) is 2. The first-order valence-electron chi connectivity index (χ1n) is 8.94. The van der Waals surface area contributed by atoms with Crippen molar-refractivity contribution in [1.82, 2.24) is 4.98 Å². The minimum absolute atomic E-state index is 0.0192. The lowest BCUT2D eigenvalue weighted by Crippen LogP contribution is -1.97. The molecule has 6 nitrogen and oxygen atoms in total. The standard InChI is InChI=1S/C22H22N2O4/c1-3-27-18-8-10-20(11-9-18)28-19-6-4-17(5-7-19)24-13-21-16(14-25)12-23-15(2)22(21)26/h4-13,25-26H,3,14H2,1-2H3. The molecule has 144 valence electrons. The van der Waals surface area contributed by atoms with E-state index in [4.69, 9.17) is 9.47 Å². The number of pyridine rings is 1. The summed E-state index contributed by atoms with van der Waals surface area (Å²) in [6, 6.07) is 14.7. The van der Waals surface area contributed by atoms with Crippen LogP contribution in [0.15, 0.2) is 59.7 Å². The maximum Gasteiger partial charge on any atom is 0.145 e. The Morgan fingerprint density at radius 3 is 2.21 bits per heavy atom. The van der Waals surface area contributed by atoms with Gasteiger partial charge in [-0.1, -0.05) is 0 Å². The predicted molar refractivity (Wildman–Crippen MR) is 108 cm³/mol. The first-order chi connectivity index (χ1) is 13.6. The van der Waals surface area contributed by atoms with Gasteiger partial charge in [-0.15, -0.1) is 0 Å². The molecule has 0 unspecified atom stereocenters. The average molecular weight is 378 g/mol. The maximum absolute atomic E-state index is 10.2. The van der Waals surface area contributed by atoms with Crippen molar-refractivity contribution in [2.45, 2.75) is 20.5 Å². The smallest absolute Gasteiger partial charge is 0.145 e. The summed E-state index contributed by atoms with van der Waals surface area (Å²) in [4.78, 5) is 8.41. The van der Waals surface area contributed by atoms with Crippen LogP contribution in [0.3, 0.4) is 0 Å². The lowest BCUT2D eigenvalue weighted by Gasteiger charge is -2.08. The van der Waals surface area contributed by atoms with E-state index >= 15 is 0 Å². The Balaban J connectivity index is 1.71. The number of aryl methyl sites for hydroxylation is 1. The van der Waals surface area contributed by atoms with E-state index in [-0.39, 0.29) is 12.4 Å². The molecule has 0 bridgehead atoms. The first-order valence-corrected chi connectivity index (χ1v) is 8.94. The number of aromatic hydroxyl groups is 1. The van der Waals surface area contributed by atoms with Crippen LogP contribution in [0.2, 0.25) is 0 Å². The van der Waals surface area contributed by atoms with Gasteiger partial charge in [0.2, 0.25) is 0 Å². The van der Waals surface area contributed by atoms with E-state index in [9.17, 15) is 10.2 Å². The number of aliphatic hydroxyl groups excluding tert-OH is 1. The van der Waals surface area contributed by atoms with Gasteiger partial charge in [-0.3, -0.25) is 9.98 Å². The van der Waals surface area contributed by atoms with Crippen molar-refractivity contribution in [1.29, 1.82) is 0 Å². The number of hydrogen-bond donors (Lipinski definition) is 2. The molecule has 28 heavy (non-hydrogen) atoms. The summed E-state index contributed by atoms with van der Waals surface area (Å²) in [6.07, 6.45) is 3.06. The van der Waals surface area contributed by atoms with Crippen LogP contribution in [-0.2, 0) is 6.61 Å². The molecule has 6 heteroatoms. The van der Waals surface area contributed by atoms with Gasteiger partial charge in [0.1, 0.15) is 23.0 Å². The summed E-state index contributed by atoms with van der Waals surface area (Å²) in [6.45, 7) is 4.03. The molecule has 1 heterocycles. The Kier molecular flexibility index (Phi) is 6.24. The van der Waals surface area contributed by atoms with Gasteiger partial charge in [0, 0.05) is 23.5 Å². The van der Waals surface area contributed by atoms with Gasteiger partial charge in [-0.2, -0.15) is 0 Å². The van der Waals surface area contributed by atoms with Gasteiger partial charge in [0.05, 0.1) is 24.6 Å². The molecule has 3 aromatic rings. The second kappa shape index (κ2) is 9.01.